The van der Waals surface area contributed by atoms with Crippen LogP contribution in [0.3, 0.4) is 0 Å². The fraction of sp³-hybridized carbons (Fsp3) is 0. The minimum absolute atomic E-state index is 0.236. The molecule has 88 valence electrons. The van der Waals surface area contributed by atoms with E-state index >= 15 is 0 Å². The third-order valence-electron chi connectivity index (χ3n) is 1.88. The van der Waals surface area contributed by atoms with Crippen molar-refractivity contribution >= 4 is 44.8 Å². The zero-order chi connectivity index (χ0) is 12.4. The van der Waals surface area contributed by atoms with E-state index < -0.39 is 0 Å². The average molecular weight is 335 g/mol. The van der Waals surface area contributed by atoms with Crippen LogP contribution >= 0.6 is 39.1 Å². The lowest BCUT2D eigenvalue weighted by molar-refractivity contribution is 0.464. The fourth-order valence-electron chi connectivity index (χ4n) is 1.10. The number of nitrogen functional groups attached to an aromatic ring is 1. The summed E-state index contributed by atoms with van der Waals surface area (Å²) in [5.74, 6) is 0.616. The van der Waals surface area contributed by atoms with Gasteiger partial charge in [-0.15, -0.1) is 0 Å². The number of ether oxygens (including phenoxy) is 1. The van der Waals surface area contributed by atoms with E-state index in [9.17, 15) is 0 Å². The van der Waals surface area contributed by atoms with Crippen molar-refractivity contribution in [1.29, 1.82) is 0 Å². The van der Waals surface area contributed by atoms with Gasteiger partial charge in [0.15, 0.2) is 0 Å². The van der Waals surface area contributed by atoms with Gasteiger partial charge < -0.3 is 10.5 Å². The third kappa shape index (κ3) is 2.80. The van der Waals surface area contributed by atoms with E-state index in [4.69, 9.17) is 33.7 Å². The van der Waals surface area contributed by atoms with Crippen molar-refractivity contribution in [3.8, 4) is 11.6 Å². The summed E-state index contributed by atoms with van der Waals surface area (Å²) in [6.07, 6.45) is 2.77. The number of nitrogens with two attached hydrogens (primary N) is 1. The highest BCUT2D eigenvalue weighted by molar-refractivity contribution is 9.10. The molecule has 7 heteroatoms. The molecule has 0 saturated heterocycles. The Balaban J connectivity index is 2.37. The summed E-state index contributed by atoms with van der Waals surface area (Å²) in [6.45, 7) is 0. The number of hydrogen-bond donors (Lipinski definition) is 1. The Morgan fingerprint density at radius 3 is 2.71 bits per heavy atom. The maximum atomic E-state index is 6.01. The van der Waals surface area contributed by atoms with Gasteiger partial charge in [-0.3, -0.25) is 0 Å². The summed E-state index contributed by atoms with van der Waals surface area (Å²) in [6, 6.07) is 3.21. The molecule has 0 aliphatic rings. The van der Waals surface area contributed by atoms with Gasteiger partial charge in [0, 0.05) is 10.5 Å². The van der Waals surface area contributed by atoms with Crippen LogP contribution in [0.5, 0.6) is 11.6 Å². The zero-order valence-corrected chi connectivity index (χ0v) is 11.4. The number of hydrogen-bond acceptors (Lipinski definition) is 4. The lowest BCUT2D eigenvalue weighted by Crippen LogP contribution is -1.96. The molecule has 0 radical (unpaired) electrons. The lowest BCUT2D eigenvalue weighted by Gasteiger charge is -2.09. The second-order valence-corrected chi connectivity index (χ2v) is 4.75. The molecule has 1 aromatic carbocycles. The highest BCUT2D eigenvalue weighted by atomic mass is 79.9. The van der Waals surface area contributed by atoms with E-state index in [0.29, 0.717) is 26.0 Å². The molecule has 0 bridgehead atoms. The molecule has 0 atom stereocenters. The molecular formula is C10H6BrCl2N3O. The first-order valence-corrected chi connectivity index (χ1v) is 6.00. The smallest absolute Gasteiger partial charge is 0.245 e. The van der Waals surface area contributed by atoms with E-state index in [0.717, 1.165) is 0 Å². The molecule has 17 heavy (non-hydrogen) atoms. The second-order valence-electron chi connectivity index (χ2n) is 3.08. The molecule has 1 aromatic heterocycles. The Labute approximate surface area is 116 Å². The van der Waals surface area contributed by atoms with Crippen LogP contribution in [0.15, 0.2) is 29.1 Å². The lowest BCUT2D eigenvalue weighted by atomic mass is 10.3. The summed E-state index contributed by atoms with van der Waals surface area (Å²) in [7, 11) is 0. The molecule has 2 aromatic rings. The number of aromatic nitrogens is 2. The van der Waals surface area contributed by atoms with Gasteiger partial charge in [-0.25, -0.2) is 4.98 Å². The van der Waals surface area contributed by atoms with Crippen molar-refractivity contribution in [2.75, 3.05) is 5.73 Å². The van der Waals surface area contributed by atoms with Gasteiger partial charge in [0.1, 0.15) is 17.8 Å². The standard InChI is InChI=1S/C10H6BrCl2N3O/c11-5-1-7(13)9(2-6(5)12)17-10-8(14)3-15-4-16-10/h1-4H,14H2. The van der Waals surface area contributed by atoms with Crippen LogP contribution in [0, 0.1) is 0 Å². The molecular weight excluding hydrogens is 329 g/mol. The van der Waals surface area contributed by atoms with Gasteiger partial charge in [-0.05, 0) is 22.0 Å². The summed E-state index contributed by atoms with van der Waals surface area (Å²) in [5, 5.41) is 0.885. The van der Waals surface area contributed by atoms with Crippen LogP contribution in [-0.4, -0.2) is 9.97 Å². The molecule has 0 aliphatic heterocycles. The highest BCUT2D eigenvalue weighted by Gasteiger charge is 2.10. The van der Waals surface area contributed by atoms with Gasteiger partial charge in [0.05, 0.1) is 16.2 Å². The van der Waals surface area contributed by atoms with E-state index in [1.807, 2.05) is 0 Å². The van der Waals surface area contributed by atoms with E-state index in [1.54, 1.807) is 12.1 Å². The monoisotopic (exact) mass is 333 g/mol. The Morgan fingerprint density at radius 1 is 1.24 bits per heavy atom. The average Bonchev–Trinajstić information content (AvgIpc) is 2.29. The molecule has 0 spiro atoms. The molecule has 1 heterocycles. The Hall–Kier alpha value is -1.04. The Morgan fingerprint density at radius 2 is 2.00 bits per heavy atom. The minimum Gasteiger partial charge on any atom is -0.435 e. The molecule has 0 fully saturated rings. The van der Waals surface area contributed by atoms with Gasteiger partial charge in [0.25, 0.3) is 0 Å². The van der Waals surface area contributed by atoms with Crippen molar-refractivity contribution in [3.63, 3.8) is 0 Å². The summed E-state index contributed by atoms with van der Waals surface area (Å²) in [4.78, 5) is 7.65. The van der Waals surface area contributed by atoms with E-state index in [2.05, 4.69) is 25.9 Å². The number of anilines is 1. The molecule has 4 nitrogen and oxygen atoms in total. The topological polar surface area (TPSA) is 61.0 Å². The predicted octanol–water partition coefficient (Wildman–Crippen LogP) is 3.92. The van der Waals surface area contributed by atoms with Crippen molar-refractivity contribution in [2.45, 2.75) is 0 Å². The van der Waals surface area contributed by atoms with Gasteiger partial charge in [-0.1, -0.05) is 23.2 Å². The van der Waals surface area contributed by atoms with Crippen LogP contribution in [0.2, 0.25) is 10.0 Å². The quantitative estimate of drug-likeness (QED) is 0.845. The maximum Gasteiger partial charge on any atom is 0.245 e. The highest BCUT2D eigenvalue weighted by Crippen LogP contribution is 2.36. The molecule has 0 aliphatic carbocycles. The van der Waals surface area contributed by atoms with Gasteiger partial charge in [0.2, 0.25) is 5.88 Å². The summed E-state index contributed by atoms with van der Waals surface area (Å²) >= 11 is 15.2. The Bertz CT molecular complexity index is 565. The van der Waals surface area contributed by atoms with Gasteiger partial charge in [-0.2, -0.15) is 4.98 Å². The number of rotatable bonds is 2. The first-order chi connectivity index (χ1) is 8.08. The summed E-state index contributed by atoms with van der Waals surface area (Å²) < 4.78 is 6.15. The molecule has 0 saturated carbocycles. The maximum absolute atomic E-state index is 6.01. The number of halogens is 3. The zero-order valence-electron chi connectivity index (χ0n) is 8.32. The van der Waals surface area contributed by atoms with Crippen LogP contribution in [0.4, 0.5) is 5.69 Å². The molecule has 0 amide bonds. The van der Waals surface area contributed by atoms with Crippen LogP contribution in [0.25, 0.3) is 0 Å². The van der Waals surface area contributed by atoms with Gasteiger partial charge >= 0.3 is 0 Å². The largest absolute Gasteiger partial charge is 0.435 e. The van der Waals surface area contributed by atoms with Crippen molar-refractivity contribution < 1.29 is 4.74 Å². The first-order valence-electron chi connectivity index (χ1n) is 4.46. The predicted molar refractivity (Wildman–Crippen MR) is 70.7 cm³/mol. The Kier molecular flexibility index (Phi) is 3.71. The van der Waals surface area contributed by atoms with Crippen molar-refractivity contribution in [3.05, 3.63) is 39.2 Å². The fourth-order valence-corrected chi connectivity index (χ4v) is 1.93. The van der Waals surface area contributed by atoms with Crippen molar-refractivity contribution in [2.24, 2.45) is 0 Å². The van der Waals surface area contributed by atoms with E-state index in [-0.39, 0.29) is 5.88 Å². The number of nitrogens with zero attached hydrogens (tertiary/aromatic N) is 2. The van der Waals surface area contributed by atoms with Crippen LogP contribution < -0.4 is 10.5 Å². The molecule has 0 unspecified atom stereocenters. The van der Waals surface area contributed by atoms with Crippen LogP contribution in [0.1, 0.15) is 0 Å². The van der Waals surface area contributed by atoms with Crippen molar-refractivity contribution in [1.82, 2.24) is 9.97 Å². The minimum atomic E-state index is 0.236. The molecule has 2 rings (SSSR count). The van der Waals surface area contributed by atoms with Crippen LogP contribution in [-0.2, 0) is 0 Å². The molecule has 2 N–H and O–H groups in total. The van der Waals surface area contributed by atoms with E-state index in [1.165, 1.54) is 12.5 Å². The third-order valence-corrected chi connectivity index (χ3v) is 3.38. The SMILES string of the molecule is Nc1cncnc1Oc1cc(Cl)c(Br)cc1Cl. The first kappa shape index (κ1) is 12.4. The summed E-state index contributed by atoms with van der Waals surface area (Å²) in [5.41, 5.74) is 5.97. The normalized spacial score (nSPS) is 10.3. The number of benzene rings is 1. The second kappa shape index (κ2) is 5.08.